The first-order chi connectivity index (χ1) is 10.2. The van der Waals surface area contributed by atoms with E-state index < -0.39 is 11.8 Å². The molecule has 2 atom stereocenters. The summed E-state index contributed by atoms with van der Waals surface area (Å²) in [7, 11) is 1.37. The van der Waals surface area contributed by atoms with Crippen molar-refractivity contribution in [1.82, 2.24) is 0 Å². The van der Waals surface area contributed by atoms with Crippen LogP contribution in [0.4, 0.5) is 0 Å². The molecular formula is C17H20O4. The van der Waals surface area contributed by atoms with Crippen LogP contribution in [-0.2, 0) is 19.0 Å². The molecule has 21 heavy (non-hydrogen) atoms. The summed E-state index contributed by atoms with van der Waals surface area (Å²) >= 11 is 0. The Kier molecular flexibility index (Phi) is 3.97. The second kappa shape index (κ2) is 5.90. The van der Waals surface area contributed by atoms with E-state index in [4.69, 9.17) is 14.2 Å². The zero-order valence-electron chi connectivity index (χ0n) is 12.2. The van der Waals surface area contributed by atoms with Gasteiger partial charge in [0.1, 0.15) is 0 Å². The second-order valence-electron chi connectivity index (χ2n) is 5.56. The normalized spacial score (nSPS) is 28.6. The Morgan fingerprint density at radius 1 is 1.29 bits per heavy atom. The molecule has 1 aromatic rings. The molecular weight excluding hydrogens is 268 g/mol. The molecule has 2 aliphatic heterocycles. The van der Waals surface area contributed by atoms with Crippen LogP contribution >= 0.6 is 0 Å². The van der Waals surface area contributed by atoms with Gasteiger partial charge >= 0.3 is 5.97 Å². The Balaban J connectivity index is 1.93. The summed E-state index contributed by atoms with van der Waals surface area (Å²) in [5.41, 5.74) is 1.16. The molecule has 4 heteroatoms. The van der Waals surface area contributed by atoms with Gasteiger partial charge in [0.05, 0.1) is 13.7 Å². The lowest BCUT2D eigenvalue weighted by Crippen LogP contribution is -2.43. The maximum absolute atomic E-state index is 11.9. The van der Waals surface area contributed by atoms with E-state index in [0.29, 0.717) is 6.61 Å². The molecule has 2 unspecified atom stereocenters. The van der Waals surface area contributed by atoms with Gasteiger partial charge in [0.2, 0.25) is 11.5 Å². The van der Waals surface area contributed by atoms with E-state index in [1.165, 1.54) is 7.11 Å². The number of carbonyl (C=O) groups excluding carboxylic acids is 1. The van der Waals surface area contributed by atoms with E-state index in [9.17, 15) is 4.79 Å². The van der Waals surface area contributed by atoms with Gasteiger partial charge < -0.3 is 14.2 Å². The molecule has 3 rings (SSSR count). The number of ether oxygens (including phenoxy) is 3. The maximum Gasteiger partial charge on any atom is 0.373 e. The lowest BCUT2D eigenvalue weighted by molar-refractivity contribution is -0.248. The molecule has 2 heterocycles. The van der Waals surface area contributed by atoms with Gasteiger partial charge in [-0.15, -0.1) is 0 Å². The number of esters is 1. The smallest absolute Gasteiger partial charge is 0.373 e. The molecule has 1 spiro atoms. The van der Waals surface area contributed by atoms with Gasteiger partial charge in [-0.2, -0.15) is 0 Å². The van der Waals surface area contributed by atoms with Crippen molar-refractivity contribution in [1.29, 1.82) is 0 Å². The highest BCUT2D eigenvalue weighted by atomic mass is 16.7. The summed E-state index contributed by atoms with van der Waals surface area (Å²) in [5, 5.41) is 0. The number of methoxy groups -OCH3 is 1. The average molecular weight is 288 g/mol. The summed E-state index contributed by atoms with van der Waals surface area (Å²) in [6.07, 6.45) is 5.49. The zero-order valence-corrected chi connectivity index (χ0v) is 12.2. The van der Waals surface area contributed by atoms with Gasteiger partial charge in [-0.1, -0.05) is 30.3 Å². The van der Waals surface area contributed by atoms with Crippen LogP contribution in [0.1, 0.15) is 37.2 Å². The van der Waals surface area contributed by atoms with E-state index in [0.717, 1.165) is 31.2 Å². The van der Waals surface area contributed by atoms with Gasteiger partial charge in [-0.25, -0.2) is 4.79 Å². The van der Waals surface area contributed by atoms with E-state index in [2.05, 4.69) is 12.1 Å². The van der Waals surface area contributed by atoms with Crippen molar-refractivity contribution in [2.45, 2.75) is 37.4 Å². The fraction of sp³-hybridized carbons (Fsp3) is 0.471. The van der Waals surface area contributed by atoms with Crippen molar-refractivity contribution in [3.05, 3.63) is 47.7 Å². The predicted molar refractivity (Wildman–Crippen MR) is 77.5 cm³/mol. The zero-order chi connectivity index (χ0) is 14.7. The van der Waals surface area contributed by atoms with Crippen LogP contribution in [0.2, 0.25) is 0 Å². The molecule has 1 fully saturated rings. The molecule has 112 valence electrons. The Morgan fingerprint density at radius 2 is 2.10 bits per heavy atom. The SMILES string of the molecule is COC(=O)C1=CC(c2ccccc2)CC2(CCCCO2)O1. The van der Waals surface area contributed by atoms with Crippen LogP contribution < -0.4 is 0 Å². The minimum atomic E-state index is -0.684. The van der Waals surface area contributed by atoms with Gasteiger partial charge in [0.15, 0.2) is 0 Å². The quantitative estimate of drug-likeness (QED) is 0.784. The van der Waals surface area contributed by atoms with E-state index >= 15 is 0 Å². The standard InChI is InChI=1S/C17H20O4/c1-19-16(18)15-11-14(13-7-3-2-4-8-13)12-17(21-15)9-5-6-10-20-17/h2-4,7-8,11,14H,5-6,9-10,12H2,1H3. The molecule has 0 amide bonds. The molecule has 0 aliphatic carbocycles. The van der Waals surface area contributed by atoms with Crippen LogP contribution in [0, 0.1) is 0 Å². The molecule has 0 aromatic heterocycles. The van der Waals surface area contributed by atoms with E-state index in [1.807, 2.05) is 24.3 Å². The lowest BCUT2D eigenvalue weighted by atomic mass is 9.86. The van der Waals surface area contributed by atoms with Crippen LogP contribution in [0.15, 0.2) is 42.2 Å². The number of allylic oxidation sites excluding steroid dienone is 1. The van der Waals surface area contributed by atoms with Crippen LogP contribution in [0.3, 0.4) is 0 Å². The molecule has 0 saturated carbocycles. The van der Waals surface area contributed by atoms with Crippen molar-refractivity contribution >= 4 is 5.97 Å². The Morgan fingerprint density at radius 3 is 2.76 bits per heavy atom. The van der Waals surface area contributed by atoms with Crippen molar-refractivity contribution < 1.29 is 19.0 Å². The Bertz CT molecular complexity index is 529. The molecule has 1 saturated heterocycles. The molecule has 0 N–H and O–H groups in total. The number of carbonyl (C=O) groups is 1. The number of hydrogen-bond donors (Lipinski definition) is 0. The summed E-state index contributed by atoms with van der Waals surface area (Å²) in [4.78, 5) is 11.9. The average Bonchev–Trinajstić information content (AvgIpc) is 2.55. The minimum absolute atomic E-state index is 0.104. The molecule has 1 aromatic carbocycles. The van der Waals surface area contributed by atoms with Crippen molar-refractivity contribution in [3.8, 4) is 0 Å². The fourth-order valence-corrected chi connectivity index (χ4v) is 3.05. The van der Waals surface area contributed by atoms with Crippen molar-refractivity contribution in [2.75, 3.05) is 13.7 Å². The first kappa shape index (κ1) is 14.1. The highest BCUT2D eigenvalue weighted by Crippen LogP contribution is 2.42. The predicted octanol–water partition coefficient (Wildman–Crippen LogP) is 3.14. The third kappa shape index (κ3) is 2.95. The molecule has 2 aliphatic rings. The summed E-state index contributed by atoms with van der Waals surface area (Å²) in [6, 6.07) is 10.1. The highest BCUT2D eigenvalue weighted by Gasteiger charge is 2.43. The molecule has 0 bridgehead atoms. The third-order valence-electron chi connectivity index (χ3n) is 4.11. The third-order valence-corrected chi connectivity index (χ3v) is 4.11. The van der Waals surface area contributed by atoms with Gasteiger partial charge in [-0.05, 0) is 24.5 Å². The Labute approximate surface area is 124 Å². The van der Waals surface area contributed by atoms with Crippen molar-refractivity contribution in [2.24, 2.45) is 0 Å². The summed E-state index contributed by atoms with van der Waals surface area (Å²) in [6.45, 7) is 0.677. The summed E-state index contributed by atoms with van der Waals surface area (Å²) in [5.74, 6) is -0.757. The second-order valence-corrected chi connectivity index (χ2v) is 5.56. The van der Waals surface area contributed by atoms with E-state index in [-0.39, 0.29) is 11.7 Å². The largest absolute Gasteiger partial charge is 0.463 e. The van der Waals surface area contributed by atoms with Gasteiger partial charge in [-0.3, -0.25) is 0 Å². The summed E-state index contributed by atoms with van der Waals surface area (Å²) < 4.78 is 16.6. The topological polar surface area (TPSA) is 44.8 Å². The van der Waals surface area contributed by atoms with Crippen LogP contribution in [0.5, 0.6) is 0 Å². The number of rotatable bonds is 2. The Hall–Kier alpha value is -1.81. The molecule has 0 radical (unpaired) electrons. The number of hydrogen-bond acceptors (Lipinski definition) is 4. The van der Waals surface area contributed by atoms with Crippen LogP contribution in [0.25, 0.3) is 0 Å². The first-order valence-corrected chi connectivity index (χ1v) is 7.40. The van der Waals surface area contributed by atoms with Gasteiger partial charge in [0, 0.05) is 18.8 Å². The lowest BCUT2D eigenvalue weighted by Gasteiger charge is -2.42. The van der Waals surface area contributed by atoms with Gasteiger partial charge in [0.25, 0.3) is 0 Å². The number of benzene rings is 1. The van der Waals surface area contributed by atoms with Crippen molar-refractivity contribution in [3.63, 3.8) is 0 Å². The first-order valence-electron chi connectivity index (χ1n) is 7.40. The highest BCUT2D eigenvalue weighted by molar-refractivity contribution is 5.86. The maximum atomic E-state index is 11.9. The molecule has 4 nitrogen and oxygen atoms in total. The van der Waals surface area contributed by atoms with Crippen LogP contribution in [-0.4, -0.2) is 25.5 Å². The fourth-order valence-electron chi connectivity index (χ4n) is 3.05. The monoisotopic (exact) mass is 288 g/mol. The van der Waals surface area contributed by atoms with E-state index in [1.54, 1.807) is 0 Å². The minimum Gasteiger partial charge on any atom is -0.463 e.